The smallest absolute Gasteiger partial charge is 0.270 e. The Morgan fingerprint density at radius 3 is 2.46 bits per heavy atom. The van der Waals surface area contributed by atoms with E-state index in [1.807, 2.05) is 0 Å². The zero-order valence-electron chi connectivity index (χ0n) is 13.7. The fourth-order valence-electron chi connectivity index (χ4n) is 2.83. The monoisotopic (exact) mass is 396 g/mol. The number of hydrogen-bond acceptors (Lipinski definition) is 5. The predicted molar refractivity (Wildman–Crippen MR) is 97.0 cm³/mol. The number of hydrogen-bond donors (Lipinski definition) is 0. The topological polar surface area (TPSA) is 89.8 Å². The summed E-state index contributed by atoms with van der Waals surface area (Å²) in [6.45, 7) is 0.576. The second-order valence-electron chi connectivity index (χ2n) is 5.93. The molecule has 138 valence electrons. The average Bonchev–Trinajstić information content (AvgIpc) is 2.62. The predicted octanol–water partition coefficient (Wildman–Crippen LogP) is 3.48. The number of non-ortho nitro benzene ring substituents is 1. The van der Waals surface area contributed by atoms with Gasteiger partial charge in [0, 0.05) is 30.2 Å². The maximum Gasteiger partial charge on any atom is 0.270 e. The first-order chi connectivity index (χ1) is 12.4. The van der Waals surface area contributed by atoms with Gasteiger partial charge in [-0.25, -0.2) is 8.42 Å². The highest BCUT2D eigenvalue weighted by Gasteiger charge is 2.31. The molecule has 9 heteroatoms. The van der Waals surface area contributed by atoms with E-state index < -0.39 is 14.9 Å². The summed E-state index contributed by atoms with van der Waals surface area (Å²) in [4.78, 5) is 10.2. The minimum atomic E-state index is -3.77. The summed E-state index contributed by atoms with van der Waals surface area (Å²) < 4.78 is 32.6. The van der Waals surface area contributed by atoms with Gasteiger partial charge >= 0.3 is 0 Å². The number of piperidine rings is 1. The van der Waals surface area contributed by atoms with Crippen molar-refractivity contribution in [2.45, 2.75) is 23.8 Å². The third-order valence-electron chi connectivity index (χ3n) is 4.17. The van der Waals surface area contributed by atoms with Crippen molar-refractivity contribution >= 4 is 27.3 Å². The number of rotatable bonds is 5. The molecule has 1 heterocycles. The Morgan fingerprint density at radius 1 is 1.12 bits per heavy atom. The van der Waals surface area contributed by atoms with Crippen LogP contribution in [-0.4, -0.2) is 36.8 Å². The molecule has 0 bridgehead atoms. The molecule has 2 aromatic rings. The van der Waals surface area contributed by atoms with E-state index in [0.29, 0.717) is 23.6 Å². The van der Waals surface area contributed by atoms with E-state index in [0.717, 1.165) is 6.07 Å². The van der Waals surface area contributed by atoms with E-state index in [-0.39, 0.29) is 29.8 Å². The summed E-state index contributed by atoms with van der Waals surface area (Å²) in [6.07, 6.45) is 0.950. The first-order valence-corrected chi connectivity index (χ1v) is 9.85. The molecule has 3 rings (SSSR count). The Balaban J connectivity index is 1.67. The summed E-state index contributed by atoms with van der Waals surface area (Å²) in [5.41, 5.74) is -0.245. The minimum absolute atomic E-state index is 0.0686. The molecule has 2 aromatic carbocycles. The standard InChI is InChI=1S/C17H17ClN2O5S/c18-13-3-1-5-16(11-13)25-15-7-9-19(10-8-15)26(23,24)17-6-2-4-14(12-17)20(21)22/h1-6,11-12,15H,7-10H2. The number of ether oxygens (including phenoxy) is 1. The van der Waals surface area contributed by atoms with E-state index >= 15 is 0 Å². The van der Waals surface area contributed by atoms with Crippen molar-refractivity contribution in [2.24, 2.45) is 0 Å². The summed E-state index contributed by atoms with van der Waals surface area (Å²) >= 11 is 5.93. The third-order valence-corrected chi connectivity index (χ3v) is 6.30. The number of sulfonamides is 1. The van der Waals surface area contributed by atoms with Crippen molar-refractivity contribution in [1.82, 2.24) is 4.31 Å². The van der Waals surface area contributed by atoms with Crippen molar-refractivity contribution in [1.29, 1.82) is 0 Å². The lowest BCUT2D eigenvalue weighted by atomic mass is 10.1. The van der Waals surface area contributed by atoms with Crippen LogP contribution >= 0.6 is 11.6 Å². The normalized spacial score (nSPS) is 16.3. The van der Waals surface area contributed by atoms with E-state index in [4.69, 9.17) is 16.3 Å². The zero-order chi connectivity index (χ0) is 18.7. The van der Waals surface area contributed by atoms with Gasteiger partial charge in [-0.1, -0.05) is 23.7 Å². The van der Waals surface area contributed by atoms with E-state index in [1.54, 1.807) is 24.3 Å². The molecule has 0 aromatic heterocycles. The van der Waals surface area contributed by atoms with Gasteiger partial charge in [-0.3, -0.25) is 10.1 Å². The van der Waals surface area contributed by atoms with Gasteiger partial charge in [0.1, 0.15) is 11.9 Å². The minimum Gasteiger partial charge on any atom is -0.490 e. The maximum absolute atomic E-state index is 12.7. The van der Waals surface area contributed by atoms with Crippen molar-refractivity contribution in [2.75, 3.05) is 13.1 Å². The van der Waals surface area contributed by atoms with Gasteiger partial charge in [0.05, 0.1) is 9.82 Å². The van der Waals surface area contributed by atoms with Gasteiger partial charge in [-0.15, -0.1) is 0 Å². The average molecular weight is 397 g/mol. The molecule has 26 heavy (non-hydrogen) atoms. The SMILES string of the molecule is O=[N+]([O-])c1cccc(S(=O)(=O)N2CCC(Oc3cccc(Cl)c3)CC2)c1. The molecule has 0 radical (unpaired) electrons. The van der Waals surface area contributed by atoms with Crippen LogP contribution in [0.15, 0.2) is 53.4 Å². The highest BCUT2D eigenvalue weighted by Crippen LogP contribution is 2.26. The van der Waals surface area contributed by atoms with Gasteiger partial charge in [0.15, 0.2) is 0 Å². The second-order valence-corrected chi connectivity index (χ2v) is 8.31. The molecular formula is C17H17ClN2O5S. The van der Waals surface area contributed by atoms with Crippen molar-refractivity contribution < 1.29 is 18.1 Å². The van der Waals surface area contributed by atoms with Gasteiger partial charge in [0.2, 0.25) is 10.0 Å². The van der Waals surface area contributed by atoms with E-state index in [9.17, 15) is 18.5 Å². The number of benzene rings is 2. The Hall–Kier alpha value is -2.16. The lowest BCUT2D eigenvalue weighted by Crippen LogP contribution is -2.41. The van der Waals surface area contributed by atoms with Crippen molar-refractivity contribution in [3.63, 3.8) is 0 Å². The molecule has 0 spiro atoms. The molecule has 1 saturated heterocycles. The molecule has 0 atom stereocenters. The lowest BCUT2D eigenvalue weighted by Gasteiger charge is -2.31. The Labute approximate surface area is 156 Å². The summed E-state index contributed by atoms with van der Waals surface area (Å²) in [5.74, 6) is 0.650. The number of halogens is 1. The van der Waals surface area contributed by atoms with Crippen molar-refractivity contribution in [3.05, 3.63) is 63.7 Å². The molecule has 0 amide bonds. The first-order valence-electron chi connectivity index (χ1n) is 8.03. The Kier molecular flexibility index (Phi) is 5.45. The van der Waals surface area contributed by atoms with Crippen LogP contribution in [0.2, 0.25) is 5.02 Å². The molecule has 0 N–H and O–H groups in total. The molecule has 1 aliphatic rings. The van der Waals surface area contributed by atoms with Crippen LogP contribution in [-0.2, 0) is 10.0 Å². The number of nitrogens with zero attached hydrogens (tertiary/aromatic N) is 2. The lowest BCUT2D eigenvalue weighted by molar-refractivity contribution is -0.385. The van der Waals surface area contributed by atoms with Crippen LogP contribution in [0.25, 0.3) is 0 Å². The summed E-state index contributed by atoms with van der Waals surface area (Å²) in [6, 6.07) is 12.2. The van der Waals surface area contributed by atoms with E-state index in [2.05, 4.69) is 0 Å². The molecule has 0 saturated carbocycles. The van der Waals surface area contributed by atoms with E-state index in [1.165, 1.54) is 22.5 Å². The van der Waals surface area contributed by atoms with Crippen LogP contribution in [0.3, 0.4) is 0 Å². The van der Waals surface area contributed by atoms with Gasteiger partial charge < -0.3 is 4.74 Å². The molecule has 1 fully saturated rings. The Bertz CT molecular complexity index is 911. The molecule has 1 aliphatic heterocycles. The third kappa shape index (κ3) is 4.14. The first kappa shape index (κ1) is 18.6. The van der Waals surface area contributed by atoms with Gasteiger partial charge in [0.25, 0.3) is 5.69 Å². The maximum atomic E-state index is 12.7. The molecule has 0 aliphatic carbocycles. The second kappa shape index (κ2) is 7.61. The number of nitro groups is 1. The van der Waals surface area contributed by atoms with Crippen LogP contribution < -0.4 is 4.74 Å². The summed E-state index contributed by atoms with van der Waals surface area (Å²) in [7, 11) is -3.77. The largest absolute Gasteiger partial charge is 0.490 e. The van der Waals surface area contributed by atoms with Gasteiger partial charge in [-0.2, -0.15) is 4.31 Å². The van der Waals surface area contributed by atoms with Crippen LogP contribution in [0.1, 0.15) is 12.8 Å². The van der Waals surface area contributed by atoms with Crippen LogP contribution in [0, 0.1) is 10.1 Å². The van der Waals surface area contributed by atoms with Crippen LogP contribution in [0.5, 0.6) is 5.75 Å². The van der Waals surface area contributed by atoms with Gasteiger partial charge in [-0.05, 0) is 37.1 Å². The molecular weight excluding hydrogens is 380 g/mol. The quantitative estimate of drug-likeness (QED) is 0.570. The highest BCUT2D eigenvalue weighted by atomic mass is 35.5. The summed E-state index contributed by atoms with van der Waals surface area (Å²) in [5, 5.41) is 11.4. The number of nitro benzene ring substituents is 1. The zero-order valence-corrected chi connectivity index (χ0v) is 15.3. The molecule has 0 unspecified atom stereocenters. The van der Waals surface area contributed by atoms with Crippen LogP contribution in [0.4, 0.5) is 5.69 Å². The fraction of sp³-hybridized carbons (Fsp3) is 0.294. The highest BCUT2D eigenvalue weighted by molar-refractivity contribution is 7.89. The van der Waals surface area contributed by atoms with Crippen molar-refractivity contribution in [3.8, 4) is 5.75 Å². The fourth-order valence-corrected chi connectivity index (χ4v) is 4.52. The Morgan fingerprint density at radius 2 is 1.81 bits per heavy atom. The molecule has 7 nitrogen and oxygen atoms in total.